The first kappa shape index (κ1) is 20.2. The Bertz CT molecular complexity index is 974. The van der Waals surface area contributed by atoms with Crippen molar-refractivity contribution in [2.24, 2.45) is 18.2 Å². The zero-order valence-electron chi connectivity index (χ0n) is 15.5. The number of aromatic nitrogens is 1. The van der Waals surface area contributed by atoms with Crippen molar-refractivity contribution in [3.8, 4) is 0 Å². The molecule has 0 spiro atoms. The molecule has 3 rings (SSSR count). The minimum Gasteiger partial charge on any atom is -0.379 e. The highest BCUT2D eigenvalue weighted by Crippen LogP contribution is 2.56. The summed E-state index contributed by atoms with van der Waals surface area (Å²) < 4.78 is 68.9. The number of hydrogen-bond acceptors (Lipinski definition) is 4. The molecule has 2 heterocycles. The number of nitrogens with two attached hydrogens (primary N) is 1. The first-order valence-electron chi connectivity index (χ1n) is 8.58. The predicted octanol–water partition coefficient (Wildman–Crippen LogP) is 3.40. The number of alkyl halides is 3. The first-order valence-corrected chi connectivity index (χ1v) is 10.3. The Morgan fingerprint density at radius 2 is 1.93 bits per heavy atom. The SMILES string of the molecule is Cn1c(C2(C(C)(C)C(F)(F)F)COC2)cc2ccc(S(=N)(=O)CCN)cc21. The molecule has 1 aromatic carbocycles. The number of aryl methyl sites for hydroxylation is 1. The van der Waals surface area contributed by atoms with Crippen LogP contribution < -0.4 is 5.73 Å². The summed E-state index contributed by atoms with van der Waals surface area (Å²) in [7, 11) is -1.33. The lowest BCUT2D eigenvalue weighted by atomic mass is 9.61. The van der Waals surface area contributed by atoms with Crippen LogP contribution in [0, 0.1) is 10.2 Å². The van der Waals surface area contributed by atoms with Crippen molar-refractivity contribution in [1.29, 1.82) is 4.78 Å². The van der Waals surface area contributed by atoms with Gasteiger partial charge in [-0.25, -0.2) is 8.99 Å². The Balaban J connectivity index is 2.18. The predicted molar refractivity (Wildman–Crippen MR) is 98.3 cm³/mol. The van der Waals surface area contributed by atoms with Gasteiger partial charge in [-0.05, 0) is 23.6 Å². The highest BCUT2D eigenvalue weighted by atomic mass is 32.2. The quantitative estimate of drug-likeness (QED) is 0.803. The number of fused-ring (bicyclic) bond motifs is 1. The van der Waals surface area contributed by atoms with E-state index in [9.17, 15) is 17.4 Å². The summed E-state index contributed by atoms with van der Waals surface area (Å²) in [5, 5.41) is 0.739. The fourth-order valence-electron chi connectivity index (χ4n) is 3.66. The number of ether oxygens (including phenoxy) is 1. The van der Waals surface area contributed by atoms with Crippen LogP contribution in [0.3, 0.4) is 0 Å². The van der Waals surface area contributed by atoms with Crippen LogP contribution in [0.4, 0.5) is 13.2 Å². The molecule has 1 atom stereocenters. The van der Waals surface area contributed by atoms with Gasteiger partial charge in [0.25, 0.3) is 0 Å². The van der Waals surface area contributed by atoms with Gasteiger partial charge in [-0.15, -0.1) is 0 Å². The third-order valence-corrected chi connectivity index (χ3v) is 7.72. The van der Waals surface area contributed by atoms with Gasteiger partial charge in [-0.1, -0.05) is 19.9 Å². The molecule has 1 fully saturated rings. The maximum absolute atomic E-state index is 13.8. The molecule has 9 heteroatoms. The minimum absolute atomic E-state index is 0.0150. The molecule has 5 nitrogen and oxygen atoms in total. The van der Waals surface area contributed by atoms with E-state index in [1.54, 1.807) is 35.9 Å². The van der Waals surface area contributed by atoms with Crippen molar-refractivity contribution in [3.63, 3.8) is 0 Å². The normalized spacial score (nSPS) is 19.7. The molecule has 1 aromatic heterocycles. The van der Waals surface area contributed by atoms with Gasteiger partial charge in [0.05, 0.1) is 33.8 Å². The van der Waals surface area contributed by atoms with Gasteiger partial charge in [0.1, 0.15) is 0 Å². The summed E-state index contributed by atoms with van der Waals surface area (Å²) in [6, 6.07) is 6.66. The van der Waals surface area contributed by atoms with Crippen LogP contribution in [0.15, 0.2) is 29.2 Å². The fourth-order valence-corrected chi connectivity index (χ4v) is 4.82. The van der Waals surface area contributed by atoms with E-state index in [4.69, 9.17) is 15.3 Å². The highest BCUT2D eigenvalue weighted by Gasteiger charge is 2.65. The number of rotatable bonds is 5. The topological polar surface area (TPSA) is 81.1 Å². The second-order valence-corrected chi connectivity index (χ2v) is 9.91. The Morgan fingerprint density at radius 1 is 1.30 bits per heavy atom. The summed E-state index contributed by atoms with van der Waals surface area (Å²) in [5.74, 6) is 0.0364. The number of benzene rings is 1. The molecule has 1 saturated heterocycles. The highest BCUT2D eigenvalue weighted by molar-refractivity contribution is 7.92. The van der Waals surface area contributed by atoms with E-state index in [0.717, 1.165) is 5.39 Å². The van der Waals surface area contributed by atoms with Crippen molar-refractivity contribution in [2.75, 3.05) is 25.5 Å². The summed E-state index contributed by atoms with van der Waals surface area (Å²) in [6.07, 6.45) is -4.39. The maximum atomic E-state index is 13.8. The van der Waals surface area contributed by atoms with Crippen LogP contribution in [-0.2, 0) is 26.9 Å². The van der Waals surface area contributed by atoms with Gasteiger partial charge in [0, 0.05) is 35.5 Å². The lowest BCUT2D eigenvalue weighted by Gasteiger charge is -2.52. The molecule has 2 aromatic rings. The Labute approximate surface area is 156 Å². The van der Waals surface area contributed by atoms with Crippen LogP contribution in [-0.4, -0.2) is 40.5 Å². The smallest absolute Gasteiger partial charge is 0.379 e. The summed E-state index contributed by atoms with van der Waals surface area (Å²) >= 11 is 0. The van der Waals surface area contributed by atoms with E-state index in [0.29, 0.717) is 16.1 Å². The molecule has 0 aliphatic carbocycles. The standard InChI is InChI=1S/C18H24F3N3O2S/c1-16(2,18(19,20)21)17(10-26-11-17)15-8-12-4-5-13(9-14(12)24(15)3)27(23,25)7-6-22/h4-5,8-9,23H,6-7,10-11,22H2,1-3H3. The minimum atomic E-state index is -4.39. The lowest BCUT2D eigenvalue weighted by molar-refractivity contribution is -0.274. The molecule has 1 aliphatic heterocycles. The third kappa shape index (κ3) is 2.87. The average molecular weight is 403 g/mol. The Morgan fingerprint density at radius 3 is 2.41 bits per heavy atom. The molecule has 0 amide bonds. The molecule has 0 saturated carbocycles. The van der Waals surface area contributed by atoms with Crippen molar-refractivity contribution >= 4 is 20.6 Å². The Hall–Kier alpha value is -1.58. The van der Waals surface area contributed by atoms with Gasteiger partial charge < -0.3 is 15.0 Å². The molecule has 0 radical (unpaired) electrons. The van der Waals surface area contributed by atoms with Gasteiger partial charge in [-0.3, -0.25) is 0 Å². The van der Waals surface area contributed by atoms with Crippen LogP contribution >= 0.6 is 0 Å². The largest absolute Gasteiger partial charge is 0.395 e. The van der Waals surface area contributed by atoms with Crippen molar-refractivity contribution in [3.05, 3.63) is 30.0 Å². The molecular formula is C18H24F3N3O2S. The van der Waals surface area contributed by atoms with E-state index < -0.39 is 26.7 Å². The molecule has 1 unspecified atom stereocenters. The molecule has 0 bridgehead atoms. The van der Waals surface area contributed by atoms with E-state index in [1.807, 2.05) is 0 Å². The number of halogens is 3. The number of nitrogens with zero attached hydrogens (tertiary/aromatic N) is 1. The molecule has 150 valence electrons. The summed E-state index contributed by atoms with van der Waals surface area (Å²) in [6.45, 7) is 2.50. The van der Waals surface area contributed by atoms with Crippen LogP contribution in [0.25, 0.3) is 10.9 Å². The molecular weight excluding hydrogens is 379 g/mol. The second kappa shape index (κ2) is 6.22. The third-order valence-electron chi connectivity index (χ3n) is 5.90. The van der Waals surface area contributed by atoms with Gasteiger partial charge in [-0.2, -0.15) is 13.2 Å². The van der Waals surface area contributed by atoms with E-state index in [2.05, 4.69) is 0 Å². The van der Waals surface area contributed by atoms with E-state index in [1.165, 1.54) is 13.8 Å². The van der Waals surface area contributed by atoms with E-state index >= 15 is 0 Å². The number of hydrogen-bond donors (Lipinski definition) is 2. The lowest BCUT2D eigenvalue weighted by Crippen LogP contribution is -2.62. The monoisotopic (exact) mass is 403 g/mol. The number of nitrogens with one attached hydrogen (secondary N) is 1. The van der Waals surface area contributed by atoms with Crippen LogP contribution in [0.5, 0.6) is 0 Å². The van der Waals surface area contributed by atoms with Gasteiger partial charge in [0.15, 0.2) is 0 Å². The second-order valence-electron chi connectivity index (χ2n) is 7.67. The maximum Gasteiger partial charge on any atom is 0.395 e. The molecule has 1 aliphatic rings. The van der Waals surface area contributed by atoms with Crippen molar-refractivity contribution in [2.45, 2.75) is 30.3 Å². The van der Waals surface area contributed by atoms with Crippen molar-refractivity contribution in [1.82, 2.24) is 4.57 Å². The first-order chi connectivity index (χ1) is 12.4. The molecule has 3 N–H and O–H groups in total. The van der Waals surface area contributed by atoms with Crippen LogP contribution in [0.1, 0.15) is 19.5 Å². The van der Waals surface area contributed by atoms with Crippen molar-refractivity contribution < 1.29 is 22.1 Å². The zero-order chi connectivity index (χ0) is 20.3. The van der Waals surface area contributed by atoms with Crippen LogP contribution in [0.2, 0.25) is 0 Å². The fraction of sp³-hybridized carbons (Fsp3) is 0.556. The van der Waals surface area contributed by atoms with Gasteiger partial charge in [0.2, 0.25) is 0 Å². The average Bonchev–Trinajstić information content (AvgIpc) is 2.82. The Kier molecular flexibility index (Phi) is 4.64. The van der Waals surface area contributed by atoms with Gasteiger partial charge >= 0.3 is 6.18 Å². The molecule has 27 heavy (non-hydrogen) atoms. The van der Waals surface area contributed by atoms with E-state index in [-0.39, 0.29) is 25.5 Å². The summed E-state index contributed by atoms with van der Waals surface area (Å²) in [5.41, 5.74) is 3.44. The zero-order valence-corrected chi connectivity index (χ0v) is 16.3. The summed E-state index contributed by atoms with van der Waals surface area (Å²) in [4.78, 5) is 0.335.